The van der Waals surface area contributed by atoms with Crippen LogP contribution in [0.4, 0.5) is 0 Å². The summed E-state index contributed by atoms with van der Waals surface area (Å²) < 4.78 is 6.36. The number of rotatable bonds is 2. The van der Waals surface area contributed by atoms with Gasteiger partial charge in [0.15, 0.2) is 10.8 Å². The van der Waals surface area contributed by atoms with Gasteiger partial charge >= 0.3 is 5.97 Å². The molecule has 84 valence electrons. The average Bonchev–Trinajstić information content (AvgIpc) is 2.53. The van der Waals surface area contributed by atoms with Gasteiger partial charge in [-0.1, -0.05) is 11.6 Å². The van der Waals surface area contributed by atoms with Gasteiger partial charge in [-0.05, 0) is 19.4 Å². The molecule has 0 aliphatic carbocycles. The van der Waals surface area contributed by atoms with Crippen molar-refractivity contribution in [3.05, 3.63) is 28.7 Å². The van der Waals surface area contributed by atoms with E-state index in [1.807, 2.05) is 6.92 Å². The number of halogens is 1. The monoisotopic (exact) mass is 239 g/mol. The fourth-order valence-corrected chi connectivity index (χ4v) is 1.62. The fraction of sp³-hybridized carbons (Fsp3) is 0.300. The molecule has 2 heterocycles. The first kappa shape index (κ1) is 10.9. The topological polar surface area (TPSA) is 56.5 Å². The Morgan fingerprint density at radius 1 is 1.62 bits per heavy atom. The van der Waals surface area contributed by atoms with Crippen LogP contribution in [0.25, 0.3) is 5.65 Å². The van der Waals surface area contributed by atoms with Crippen molar-refractivity contribution in [2.24, 2.45) is 0 Å². The molecule has 6 heteroatoms. The Hall–Kier alpha value is -1.62. The molecule has 0 radical (unpaired) electrons. The molecule has 16 heavy (non-hydrogen) atoms. The van der Waals surface area contributed by atoms with Gasteiger partial charge in [-0.15, -0.1) is 0 Å². The Bertz CT molecular complexity index is 550. The Morgan fingerprint density at radius 3 is 3.06 bits per heavy atom. The lowest BCUT2D eigenvalue weighted by Gasteiger charge is -1.99. The normalized spacial score (nSPS) is 10.7. The molecule has 5 nitrogen and oxygen atoms in total. The molecule has 0 spiro atoms. The number of aryl methyl sites for hydroxylation is 1. The third kappa shape index (κ3) is 1.74. The molecule has 0 aliphatic rings. The summed E-state index contributed by atoms with van der Waals surface area (Å²) in [7, 11) is 0. The summed E-state index contributed by atoms with van der Waals surface area (Å²) >= 11 is 5.88. The van der Waals surface area contributed by atoms with Crippen molar-refractivity contribution in [2.45, 2.75) is 13.8 Å². The zero-order valence-corrected chi connectivity index (χ0v) is 9.65. The van der Waals surface area contributed by atoms with Gasteiger partial charge in [0.1, 0.15) is 5.56 Å². The lowest BCUT2D eigenvalue weighted by Crippen LogP contribution is -2.05. The van der Waals surface area contributed by atoms with Crippen LogP contribution in [0.5, 0.6) is 0 Å². The molecule has 0 saturated carbocycles. The van der Waals surface area contributed by atoms with Crippen LogP contribution in [-0.2, 0) is 4.74 Å². The van der Waals surface area contributed by atoms with Crippen LogP contribution in [0.15, 0.2) is 12.4 Å². The zero-order chi connectivity index (χ0) is 11.7. The van der Waals surface area contributed by atoms with Crippen LogP contribution in [0.3, 0.4) is 0 Å². The minimum absolute atomic E-state index is 0.108. The van der Waals surface area contributed by atoms with Crippen molar-refractivity contribution >= 4 is 23.2 Å². The molecular formula is C10H10ClN3O2. The van der Waals surface area contributed by atoms with E-state index in [0.717, 1.165) is 5.56 Å². The smallest absolute Gasteiger partial charge is 0.345 e. The van der Waals surface area contributed by atoms with Gasteiger partial charge in [0.2, 0.25) is 0 Å². The fourth-order valence-electron chi connectivity index (χ4n) is 1.38. The summed E-state index contributed by atoms with van der Waals surface area (Å²) in [5.74, 6) is -0.501. The van der Waals surface area contributed by atoms with E-state index in [9.17, 15) is 4.79 Å². The number of nitrogens with zero attached hydrogens (tertiary/aromatic N) is 3. The van der Waals surface area contributed by atoms with Gasteiger partial charge in [-0.2, -0.15) is 5.10 Å². The van der Waals surface area contributed by atoms with Crippen molar-refractivity contribution in [3.63, 3.8) is 0 Å². The third-order valence-corrected chi connectivity index (χ3v) is 2.30. The van der Waals surface area contributed by atoms with Crippen LogP contribution < -0.4 is 0 Å². The first-order valence-corrected chi connectivity index (χ1v) is 5.19. The molecule has 2 aromatic heterocycles. The second kappa shape index (κ2) is 4.09. The van der Waals surface area contributed by atoms with Crippen LogP contribution in [0.1, 0.15) is 22.8 Å². The second-order valence-electron chi connectivity index (χ2n) is 3.29. The molecule has 0 saturated heterocycles. The van der Waals surface area contributed by atoms with E-state index in [4.69, 9.17) is 16.3 Å². The number of fused-ring (bicyclic) bond motifs is 1. The highest BCUT2D eigenvalue weighted by Gasteiger charge is 2.20. The lowest BCUT2D eigenvalue weighted by molar-refractivity contribution is 0.0528. The number of hydrogen-bond donors (Lipinski definition) is 0. The van der Waals surface area contributed by atoms with Crippen molar-refractivity contribution < 1.29 is 9.53 Å². The van der Waals surface area contributed by atoms with E-state index < -0.39 is 5.97 Å². The standard InChI is InChI=1S/C10H10ClN3O2/c1-3-16-10(15)7-8(11)13-14-5-6(2)4-12-9(7)14/h4-5H,3H2,1-2H3. The molecule has 2 rings (SSSR count). The van der Waals surface area contributed by atoms with Crippen LogP contribution >= 0.6 is 11.6 Å². The quantitative estimate of drug-likeness (QED) is 0.751. The Morgan fingerprint density at radius 2 is 2.38 bits per heavy atom. The predicted octanol–water partition coefficient (Wildman–Crippen LogP) is 1.87. The van der Waals surface area contributed by atoms with E-state index >= 15 is 0 Å². The highest BCUT2D eigenvalue weighted by Crippen LogP contribution is 2.19. The van der Waals surface area contributed by atoms with Gasteiger partial charge in [-0.3, -0.25) is 0 Å². The van der Waals surface area contributed by atoms with Crippen LogP contribution in [0.2, 0.25) is 5.15 Å². The Kier molecular flexibility index (Phi) is 2.78. The summed E-state index contributed by atoms with van der Waals surface area (Å²) in [6.07, 6.45) is 3.40. The van der Waals surface area contributed by atoms with Crippen molar-refractivity contribution in [2.75, 3.05) is 6.61 Å². The first-order valence-electron chi connectivity index (χ1n) is 4.81. The van der Waals surface area contributed by atoms with E-state index in [0.29, 0.717) is 12.3 Å². The van der Waals surface area contributed by atoms with Crippen molar-refractivity contribution in [1.82, 2.24) is 14.6 Å². The number of carbonyl (C=O) groups excluding carboxylic acids is 1. The lowest BCUT2D eigenvalue weighted by atomic mass is 10.3. The maximum absolute atomic E-state index is 11.6. The molecule has 2 aromatic rings. The zero-order valence-electron chi connectivity index (χ0n) is 8.90. The molecule has 0 unspecified atom stereocenters. The molecular weight excluding hydrogens is 230 g/mol. The molecule has 0 amide bonds. The molecule has 0 aromatic carbocycles. The van der Waals surface area contributed by atoms with Gasteiger partial charge < -0.3 is 4.74 Å². The summed E-state index contributed by atoms with van der Waals surface area (Å²) in [5, 5.41) is 4.10. The highest BCUT2D eigenvalue weighted by molar-refractivity contribution is 6.33. The summed E-state index contributed by atoms with van der Waals surface area (Å²) in [4.78, 5) is 15.7. The SMILES string of the molecule is CCOC(=O)c1c(Cl)nn2cc(C)cnc12. The van der Waals surface area contributed by atoms with Crippen LogP contribution in [-0.4, -0.2) is 27.2 Å². The van der Waals surface area contributed by atoms with Crippen molar-refractivity contribution in [3.8, 4) is 0 Å². The van der Waals surface area contributed by atoms with E-state index in [-0.39, 0.29) is 10.7 Å². The number of hydrogen-bond acceptors (Lipinski definition) is 4. The third-order valence-electron chi connectivity index (χ3n) is 2.04. The molecule has 0 N–H and O–H groups in total. The molecule has 0 bridgehead atoms. The number of carbonyl (C=O) groups is 1. The average molecular weight is 240 g/mol. The number of aromatic nitrogens is 3. The van der Waals surface area contributed by atoms with Gasteiger partial charge in [0.05, 0.1) is 6.61 Å². The minimum atomic E-state index is -0.501. The summed E-state index contributed by atoms with van der Waals surface area (Å²) in [6.45, 7) is 3.90. The predicted molar refractivity (Wildman–Crippen MR) is 58.7 cm³/mol. The maximum atomic E-state index is 11.6. The largest absolute Gasteiger partial charge is 0.462 e. The molecule has 0 aliphatic heterocycles. The van der Waals surface area contributed by atoms with Gasteiger partial charge in [-0.25, -0.2) is 14.3 Å². The second-order valence-corrected chi connectivity index (χ2v) is 3.64. The molecule has 0 atom stereocenters. The van der Waals surface area contributed by atoms with E-state index in [2.05, 4.69) is 10.1 Å². The number of esters is 1. The molecule has 0 fully saturated rings. The van der Waals surface area contributed by atoms with Crippen molar-refractivity contribution in [1.29, 1.82) is 0 Å². The van der Waals surface area contributed by atoms with E-state index in [1.165, 1.54) is 4.52 Å². The maximum Gasteiger partial charge on any atom is 0.345 e. The number of ether oxygens (including phenoxy) is 1. The summed E-state index contributed by atoms with van der Waals surface area (Å²) in [5.41, 5.74) is 1.56. The Labute approximate surface area is 97.0 Å². The van der Waals surface area contributed by atoms with Gasteiger partial charge in [0, 0.05) is 12.4 Å². The first-order chi connectivity index (χ1) is 7.63. The van der Waals surface area contributed by atoms with Gasteiger partial charge in [0.25, 0.3) is 0 Å². The van der Waals surface area contributed by atoms with Crippen LogP contribution in [0, 0.1) is 6.92 Å². The van der Waals surface area contributed by atoms with E-state index in [1.54, 1.807) is 19.3 Å². The Balaban J connectivity index is 2.60. The summed E-state index contributed by atoms with van der Waals surface area (Å²) in [6, 6.07) is 0. The minimum Gasteiger partial charge on any atom is -0.462 e. The highest BCUT2D eigenvalue weighted by atomic mass is 35.5.